The lowest BCUT2D eigenvalue weighted by Crippen LogP contribution is -2.08. The molecule has 5 aromatic carbocycles. The molecule has 0 aliphatic heterocycles. The van der Waals surface area contributed by atoms with Crippen molar-refractivity contribution in [2.24, 2.45) is 0 Å². The summed E-state index contributed by atoms with van der Waals surface area (Å²) in [7, 11) is -13.3. The van der Waals surface area contributed by atoms with Crippen LogP contribution < -0.4 is 4.74 Å². The number of fused-ring (bicyclic) bond motifs is 8. The van der Waals surface area contributed by atoms with Gasteiger partial charge in [0, 0.05) is 59.1 Å². The molecule has 1 aliphatic carbocycles. The van der Waals surface area contributed by atoms with Crippen LogP contribution in [0.2, 0.25) is 0 Å². The Morgan fingerprint density at radius 1 is 0.451 bits per heavy atom. The van der Waals surface area contributed by atoms with E-state index in [1.165, 1.54) is 7.11 Å². The molecule has 0 saturated carbocycles. The predicted molar refractivity (Wildman–Crippen MR) is 183 cm³/mol. The normalized spacial score (nSPS) is 13.5. The van der Waals surface area contributed by atoms with Crippen molar-refractivity contribution in [3.05, 3.63) is 123 Å². The van der Waals surface area contributed by atoms with Gasteiger partial charge in [-0.05, 0) is 70.8 Å². The van der Waals surface area contributed by atoms with Crippen molar-refractivity contribution in [2.75, 3.05) is 7.11 Å². The molecule has 16 heteroatoms. The lowest BCUT2D eigenvalue weighted by atomic mass is 9.89. The summed E-state index contributed by atoms with van der Waals surface area (Å²) in [6.45, 7) is 0. The second-order valence-corrected chi connectivity index (χ2v) is 16.4. The Kier molecular flexibility index (Phi) is 9.12. The predicted octanol–water partition coefficient (Wildman–Crippen LogP) is 4.90. The van der Waals surface area contributed by atoms with Crippen LogP contribution >= 0.6 is 0 Å². The van der Waals surface area contributed by atoms with E-state index in [0.29, 0.717) is 16.7 Å². The fourth-order valence-electron chi connectivity index (χ4n) is 6.34. The number of methoxy groups -OCH3 is 1. The van der Waals surface area contributed by atoms with E-state index in [0.717, 1.165) is 42.0 Å². The number of aromatic hydroxyl groups is 3. The van der Waals surface area contributed by atoms with E-state index in [1.807, 2.05) is 18.2 Å². The third-order valence-corrected chi connectivity index (χ3v) is 11.2. The molecule has 266 valence electrons. The van der Waals surface area contributed by atoms with Gasteiger partial charge in [-0.15, -0.1) is 0 Å². The number of hydrogen-bond acceptors (Lipinski definition) is 10. The Labute approximate surface area is 293 Å². The van der Waals surface area contributed by atoms with Crippen LogP contribution in [0.3, 0.4) is 0 Å². The van der Waals surface area contributed by atoms with Crippen molar-refractivity contribution in [1.82, 2.24) is 0 Å². The van der Waals surface area contributed by atoms with Crippen LogP contribution in [0.15, 0.2) is 93.5 Å². The fraction of sp³-hybridized carbons (Fsp3) is 0.143. The van der Waals surface area contributed by atoms with Crippen molar-refractivity contribution >= 4 is 30.4 Å². The average Bonchev–Trinajstić information content (AvgIpc) is 3.04. The maximum atomic E-state index is 12.4. The third-order valence-electron chi connectivity index (χ3n) is 8.70. The van der Waals surface area contributed by atoms with E-state index in [-0.39, 0.29) is 52.0 Å². The van der Waals surface area contributed by atoms with Gasteiger partial charge in [-0.2, -0.15) is 25.3 Å². The van der Waals surface area contributed by atoms with Crippen LogP contribution in [0.1, 0.15) is 44.5 Å². The molecule has 0 saturated heterocycles. The summed E-state index contributed by atoms with van der Waals surface area (Å²) >= 11 is 0. The maximum absolute atomic E-state index is 12.4. The molecular formula is C35H30O13S3. The molecule has 0 aromatic heterocycles. The molecule has 0 fully saturated rings. The van der Waals surface area contributed by atoms with Gasteiger partial charge in [-0.3, -0.25) is 13.7 Å². The molecule has 0 atom stereocenters. The molecule has 0 unspecified atom stereocenters. The van der Waals surface area contributed by atoms with E-state index >= 15 is 0 Å². The smallest absolute Gasteiger partial charge is 0.294 e. The maximum Gasteiger partial charge on any atom is 0.294 e. The van der Waals surface area contributed by atoms with Crippen LogP contribution in [-0.4, -0.2) is 61.3 Å². The molecule has 13 nitrogen and oxygen atoms in total. The van der Waals surface area contributed by atoms with E-state index in [9.17, 15) is 54.2 Å². The highest BCUT2D eigenvalue weighted by atomic mass is 32.2. The van der Waals surface area contributed by atoms with Gasteiger partial charge >= 0.3 is 0 Å². The quantitative estimate of drug-likeness (QED) is 0.129. The third kappa shape index (κ3) is 7.28. The van der Waals surface area contributed by atoms with Gasteiger partial charge in [0.05, 0.1) is 21.8 Å². The first-order valence-electron chi connectivity index (χ1n) is 15.1. The van der Waals surface area contributed by atoms with Gasteiger partial charge in [-0.1, -0.05) is 30.3 Å². The van der Waals surface area contributed by atoms with Gasteiger partial charge in [0.1, 0.15) is 23.0 Å². The lowest BCUT2D eigenvalue weighted by molar-refractivity contribution is 0.405. The monoisotopic (exact) mass is 754 g/mol. The van der Waals surface area contributed by atoms with Crippen molar-refractivity contribution < 1.29 is 59.0 Å². The number of phenolic OH excluding ortho intramolecular Hbond substituents is 3. The summed E-state index contributed by atoms with van der Waals surface area (Å²) in [5, 5.41) is 34.5. The topological polar surface area (TPSA) is 233 Å². The highest BCUT2D eigenvalue weighted by Crippen LogP contribution is 2.41. The number of rotatable bonds is 5. The highest BCUT2D eigenvalue weighted by molar-refractivity contribution is 7.86. The van der Waals surface area contributed by atoms with E-state index in [4.69, 9.17) is 4.74 Å². The van der Waals surface area contributed by atoms with Crippen molar-refractivity contribution in [3.63, 3.8) is 0 Å². The fourth-order valence-corrected chi connectivity index (χ4v) is 8.08. The first-order chi connectivity index (χ1) is 23.8. The molecule has 0 spiro atoms. The SMILES string of the molecule is COc1c2cc(-c3ccccc3)cc1Cc1cc(S(=O)(=O)O)cc(c1O)Cc1cc(S(=O)(=O)O)cc(c1O)Cc1cc(S(=O)(=O)O)cc(c1O)C2. The number of phenols is 3. The van der Waals surface area contributed by atoms with E-state index < -0.39 is 75.1 Å². The minimum absolute atomic E-state index is 0.00849. The largest absolute Gasteiger partial charge is 0.507 e. The number of ether oxygens (including phenoxy) is 1. The summed E-state index contributed by atoms with van der Waals surface area (Å²) in [6.07, 6.45) is -1.47. The molecule has 8 bridgehead atoms. The van der Waals surface area contributed by atoms with Gasteiger partial charge in [0.25, 0.3) is 30.4 Å². The van der Waals surface area contributed by atoms with Gasteiger partial charge in [0.15, 0.2) is 0 Å². The first-order valence-corrected chi connectivity index (χ1v) is 19.4. The van der Waals surface area contributed by atoms with Crippen molar-refractivity contribution in [2.45, 2.75) is 40.4 Å². The van der Waals surface area contributed by atoms with Crippen molar-refractivity contribution in [3.8, 4) is 34.1 Å². The Hall–Kier alpha value is -4.97. The average molecular weight is 755 g/mol. The zero-order chi connectivity index (χ0) is 37.0. The molecule has 5 aromatic rings. The van der Waals surface area contributed by atoms with Crippen LogP contribution in [-0.2, 0) is 56.0 Å². The molecule has 51 heavy (non-hydrogen) atoms. The molecule has 6 rings (SSSR count). The number of hydrogen-bond donors (Lipinski definition) is 6. The second kappa shape index (κ2) is 13.0. The Morgan fingerprint density at radius 3 is 1.02 bits per heavy atom. The van der Waals surface area contributed by atoms with E-state index in [1.54, 1.807) is 24.3 Å². The minimum atomic E-state index is -4.94. The lowest BCUT2D eigenvalue weighted by Gasteiger charge is -2.20. The van der Waals surface area contributed by atoms with Crippen LogP contribution in [0, 0.1) is 0 Å². The summed E-state index contributed by atoms with van der Waals surface area (Å²) < 4.78 is 110. The summed E-state index contributed by atoms with van der Waals surface area (Å²) in [4.78, 5) is -1.92. The minimum Gasteiger partial charge on any atom is -0.507 e. The summed E-state index contributed by atoms with van der Waals surface area (Å²) in [5.74, 6) is -1.24. The van der Waals surface area contributed by atoms with Gasteiger partial charge in [-0.25, -0.2) is 0 Å². The highest BCUT2D eigenvalue weighted by Gasteiger charge is 2.26. The second-order valence-electron chi connectivity index (χ2n) is 12.1. The number of benzene rings is 5. The molecule has 6 N–H and O–H groups in total. The molecule has 0 amide bonds. The Morgan fingerprint density at radius 2 is 0.745 bits per heavy atom. The molecule has 0 heterocycles. The summed E-state index contributed by atoms with van der Waals surface area (Å²) in [6, 6.07) is 18.3. The van der Waals surface area contributed by atoms with Crippen LogP contribution in [0.25, 0.3) is 11.1 Å². The standard InChI is InChI=1S/C35H30O13S3/c1-48-35-27-7-20(19-5-3-2-4-6-19)8-28(35)12-26-18-31(51(45,46)47)16-24(34(26)38)10-22-14-29(49(39,40)41)13-21(32(22)36)9-23-15-30(50(42,43)44)17-25(11-27)33(23)37/h2-8,13-18,36-38H,9-12H2,1H3,(H,39,40,41)(H,42,43,44)(H,45,46,47). The summed E-state index contributed by atoms with van der Waals surface area (Å²) in [5.41, 5.74) is 1.41. The Bertz CT molecular complexity index is 2430. The first kappa shape index (κ1) is 35.8. The van der Waals surface area contributed by atoms with Crippen LogP contribution in [0.4, 0.5) is 0 Å². The zero-order valence-electron chi connectivity index (χ0n) is 26.6. The molecule has 0 radical (unpaired) electrons. The molecular weight excluding hydrogens is 725 g/mol. The Balaban J connectivity index is 1.73. The van der Waals surface area contributed by atoms with Gasteiger partial charge in [0.2, 0.25) is 0 Å². The zero-order valence-corrected chi connectivity index (χ0v) is 29.0. The van der Waals surface area contributed by atoms with Gasteiger partial charge < -0.3 is 20.1 Å². The van der Waals surface area contributed by atoms with E-state index in [2.05, 4.69) is 0 Å². The molecule has 1 aliphatic rings. The van der Waals surface area contributed by atoms with Crippen molar-refractivity contribution in [1.29, 1.82) is 0 Å². The van der Waals surface area contributed by atoms with Crippen LogP contribution in [0.5, 0.6) is 23.0 Å².